The van der Waals surface area contributed by atoms with Gasteiger partial charge < -0.3 is 9.32 Å². The molecule has 0 N–H and O–H groups in total. The summed E-state index contributed by atoms with van der Waals surface area (Å²) in [6, 6.07) is 0.420. The van der Waals surface area contributed by atoms with Crippen molar-refractivity contribution in [2.75, 3.05) is 18.0 Å². The second-order valence-corrected chi connectivity index (χ2v) is 3.16. The monoisotopic (exact) mass is 196 g/mol. The molecule has 0 saturated carbocycles. The van der Waals surface area contributed by atoms with E-state index in [9.17, 15) is 4.79 Å². The molecule has 0 aromatic carbocycles. The Bertz CT molecular complexity index is 367. The third-order valence-electron chi connectivity index (χ3n) is 2.32. The molecule has 0 amide bonds. The summed E-state index contributed by atoms with van der Waals surface area (Å²) >= 11 is 0. The van der Waals surface area contributed by atoms with Gasteiger partial charge in [0.05, 0.1) is 5.56 Å². The van der Waals surface area contributed by atoms with Crippen LogP contribution in [-0.2, 0) is 0 Å². The molecule has 0 spiro atoms. The van der Waals surface area contributed by atoms with E-state index in [2.05, 4.69) is 4.98 Å². The van der Waals surface area contributed by atoms with Crippen molar-refractivity contribution < 1.29 is 4.42 Å². The molecule has 0 radical (unpaired) electrons. The highest BCUT2D eigenvalue weighted by Crippen LogP contribution is 2.11. The van der Waals surface area contributed by atoms with Gasteiger partial charge in [0.2, 0.25) is 0 Å². The van der Waals surface area contributed by atoms with Crippen LogP contribution in [0.5, 0.6) is 0 Å². The Morgan fingerprint density at radius 1 is 1.29 bits per heavy atom. The zero-order chi connectivity index (χ0) is 10.7. The molecule has 0 aliphatic carbocycles. The van der Waals surface area contributed by atoms with Gasteiger partial charge in [-0.05, 0) is 27.7 Å². The van der Waals surface area contributed by atoms with Crippen LogP contribution in [-0.4, -0.2) is 18.1 Å². The summed E-state index contributed by atoms with van der Waals surface area (Å²) in [4.78, 5) is 17.2. The summed E-state index contributed by atoms with van der Waals surface area (Å²) in [5.74, 6) is 0.645. The van der Waals surface area contributed by atoms with Crippen molar-refractivity contribution in [3.05, 3.63) is 21.7 Å². The minimum absolute atomic E-state index is 0.198. The highest BCUT2D eigenvalue weighted by molar-refractivity contribution is 5.26. The fourth-order valence-corrected chi connectivity index (χ4v) is 1.19. The minimum Gasteiger partial charge on any atom is -0.430 e. The van der Waals surface area contributed by atoms with Crippen LogP contribution in [0.3, 0.4) is 0 Å². The van der Waals surface area contributed by atoms with Crippen molar-refractivity contribution in [1.82, 2.24) is 4.98 Å². The van der Waals surface area contributed by atoms with E-state index in [1.165, 1.54) is 0 Å². The highest BCUT2D eigenvalue weighted by Gasteiger charge is 2.10. The summed E-state index contributed by atoms with van der Waals surface area (Å²) in [5.41, 5.74) is 0.386. The molecule has 0 fully saturated rings. The van der Waals surface area contributed by atoms with Crippen LogP contribution < -0.4 is 10.5 Å². The van der Waals surface area contributed by atoms with Crippen LogP contribution in [0.2, 0.25) is 0 Å². The number of hydrogen-bond donors (Lipinski definition) is 0. The third kappa shape index (κ3) is 1.95. The molecule has 0 saturated heterocycles. The first-order chi connectivity index (χ1) is 6.60. The fraction of sp³-hybridized carbons (Fsp3) is 0.600. The maximum absolute atomic E-state index is 11.4. The van der Waals surface area contributed by atoms with Crippen LogP contribution >= 0.6 is 0 Å². The average molecular weight is 196 g/mol. The molecule has 4 heteroatoms. The van der Waals surface area contributed by atoms with Gasteiger partial charge in [-0.15, -0.1) is 0 Å². The molecule has 1 heterocycles. The first-order valence-corrected chi connectivity index (χ1v) is 4.83. The number of nitrogens with zero attached hydrogens (tertiary/aromatic N) is 2. The quantitative estimate of drug-likeness (QED) is 0.735. The van der Waals surface area contributed by atoms with Gasteiger partial charge in [-0.2, -0.15) is 4.98 Å². The predicted molar refractivity (Wildman–Crippen MR) is 55.8 cm³/mol. The Balaban J connectivity index is 3.18. The van der Waals surface area contributed by atoms with E-state index in [4.69, 9.17) is 4.42 Å². The number of hydrogen-bond acceptors (Lipinski definition) is 4. The van der Waals surface area contributed by atoms with Crippen molar-refractivity contribution in [2.24, 2.45) is 0 Å². The summed E-state index contributed by atoms with van der Waals surface area (Å²) < 4.78 is 5.45. The standard InChI is InChI=1S/C10H16N2O2/c1-5-12(6-2)10-11-9(13)7(3)8(4)14-10/h5-6H2,1-4H3. The highest BCUT2D eigenvalue weighted by atomic mass is 16.4. The van der Waals surface area contributed by atoms with Crippen LogP contribution in [0, 0.1) is 13.8 Å². The Morgan fingerprint density at radius 2 is 1.86 bits per heavy atom. The summed E-state index contributed by atoms with van der Waals surface area (Å²) in [5, 5.41) is 0. The molecule has 78 valence electrons. The predicted octanol–water partition coefficient (Wildman–Crippen LogP) is 1.50. The van der Waals surface area contributed by atoms with Crippen molar-refractivity contribution in [3.63, 3.8) is 0 Å². The van der Waals surface area contributed by atoms with Gasteiger partial charge >= 0.3 is 6.01 Å². The Hall–Kier alpha value is -1.32. The van der Waals surface area contributed by atoms with Crippen LogP contribution in [0.25, 0.3) is 0 Å². The molecule has 0 aliphatic heterocycles. The van der Waals surface area contributed by atoms with Crippen LogP contribution in [0.1, 0.15) is 25.2 Å². The normalized spacial score (nSPS) is 10.3. The van der Waals surface area contributed by atoms with Crippen LogP contribution in [0.4, 0.5) is 6.01 Å². The van der Waals surface area contributed by atoms with Gasteiger partial charge in [0.25, 0.3) is 5.56 Å². The Kier molecular flexibility index (Phi) is 3.28. The molecule has 1 aromatic rings. The van der Waals surface area contributed by atoms with E-state index in [0.29, 0.717) is 17.3 Å². The molecule has 4 nitrogen and oxygen atoms in total. The maximum Gasteiger partial charge on any atom is 0.300 e. The minimum atomic E-state index is -0.198. The molecule has 0 unspecified atom stereocenters. The summed E-state index contributed by atoms with van der Waals surface area (Å²) in [6.07, 6.45) is 0. The van der Waals surface area contributed by atoms with Gasteiger partial charge in [0, 0.05) is 13.1 Å². The second kappa shape index (κ2) is 4.26. The molecule has 0 aliphatic rings. The van der Waals surface area contributed by atoms with E-state index in [1.54, 1.807) is 13.8 Å². The van der Waals surface area contributed by atoms with Crippen LogP contribution in [0.15, 0.2) is 9.21 Å². The fourth-order valence-electron chi connectivity index (χ4n) is 1.19. The van der Waals surface area contributed by atoms with Crippen molar-refractivity contribution >= 4 is 6.01 Å². The third-order valence-corrected chi connectivity index (χ3v) is 2.32. The van der Waals surface area contributed by atoms with Gasteiger partial charge in [0.15, 0.2) is 0 Å². The van der Waals surface area contributed by atoms with Crippen molar-refractivity contribution in [3.8, 4) is 0 Å². The molecule has 1 rings (SSSR count). The molecule has 0 atom stereocenters. The molecular formula is C10H16N2O2. The van der Waals surface area contributed by atoms with E-state index in [1.807, 2.05) is 18.7 Å². The topological polar surface area (TPSA) is 46.3 Å². The molecule has 14 heavy (non-hydrogen) atoms. The lowest BCUT2D eigenvalue weighted by Gasteiger charge is -2.17. The summed E-state index contributed by atoms with van der Waals surface area (Å²) in [7, 11) is 0. The van der Waals surface area contributed by atoms with E-state index in [-0.39, 0.29) is 5.56 Å². The second-order valence-electron chi connectivity index (χ2n) is 3.16. The van der Waals surface area contributed by atoms with Gasteiger partial charge in [-0.25, -0.2) is 0 Å². The SMILES string of the molecule is CCN(CC)c1nc(=O)c(C)c(C)o1. The lowest BCUT2D eigenvalue weighted by molar-refractivity contribution is 0.477. The largest absolute Gasteiger partial charge is 0.430 e. The lowest BCUT2D eigenvalue weighted by atomic mass is 10.3. The zero-order valence-corrected chi connectivity index (χ0v) is 9.13. The maximum atomic E-state index is 11.4. The van der Waals surface area contributed by atoms with Crippen molar-refractivity contribution in [2.45, 2.75) is 27.7 Å². The van der Waals surface area contributed by atoms with Gasteiger partial charge in [-0.1, -0.05) is 0 Å². The lowest BCUT2D eigenvalue weighted by Crippen LogP contribution is -2.26. The number of anilines is 1. The number of aromatic nitrogens is 1. The number of rotatable bonds is 3. The smallest absolute Gasteiger partial charge is 0.300 e. The molecule has 0 bridgehead atoms. The first kappa shape index (κ1) is 10.8. The molecular weight excluding hydrogens is 180 g/mol. The number of aryl methyl sites for hydroxylation is 1. The average Bonchev–Trinajstić information content (AvgIpc) is 2.16. The van der Waals surface area contributed by atoms with Gasteiger partial charge in [-0.3, -0.25) is 4.79 Å². The Morgan fingerprint density at radius 3 is 2.29 bits per heavy atom. The first-order valence-electron chi connectivity index (χ1n) is 4.83. The van der Waals surface area contributed by atoms with Gasteiger partial charge in [0.1, 0.15) is 5.76 Å². The summed E-state index contributed by atoms with van der Waals surface area (Å²) in [6.45, 7) is 9.08. The van der Waals surface area contributed by atoms with E-state index < -0.39 is 0 Å². The molecule has 1 aromatic heterocycles. The van der Waals surface area contributed by atoms with E-state index in [0.717, 1.165) is 13.1 Å². The van der Waals surface area contributed by atoms with Crippen molar-refractivity contribution in [1.29, 1.82) is 0 Å². The van der Waals surface area contributed by atoms with E-state index >= 15 is 0 Å². The zero-order valence-electron chi connectivity index (χ0n) is 9.13. The Labute approximate surface area is 83.6 Å².